The molecule has 5 heteroatoms. The normalized spacial score (nSPS) is 20.3. The molecule has 1 aliphatic carbocycles. The Morgan fingerprint density at radius 1 is 0.968 bits per heavy atom. The highest BCUT2D eigenvalue weighted by Crippen LogP contribution is 2.41. The van der Waals surface area contributed by atoms with Gasteiger partial charge in [-0.15, -0.1) is 0 Å². The average Bonchev–Trinajstić information content (AvgIpc) is 2.73. The monoisotopic (exact) mass is 430 g/mol. The van der Waals surface area contributed by atoms with Crippen molar-refractivity contribution in [3.8, 4) is 11.5 Å². The highest BCUT2D eigenvalue weighted by atomic mass is 19.1. The van der Waals surface area contributed by atoms with Gasteiger partial charge in [0, 0.05) is 11.6 Å². The Hall–Kier alpha value is -2.66. The predicted molar refractivity (Wildman–Crippen MR) is 121 cm³/mol. The maximum Gasteiger partial charge on any atom is 0.132 e. The lowest BCUT2D eigenvalue weighted by Crippen LogP contribution is -2.40. The van der Waals surface area contributed by atoms with Crippen LogP contribution in [-0.2, 0) is 11.0 Å². The van der Waals surface area contributed by atoms with E-state index in [1.54, 1.807) is 25.3 Å². The van der Waals surface area contributed by atoms with Crippen LogP contribution in [0.4, 0.5) is 8.78 Å². The second kappa shape index (κ2) is 10.1. The van der Waals surface area contributed by atoms with Crippen LogP contribution in [0.5, 0.6) is 11.5 Å². The van der Waals surface area contributed by atoms with E-state index in [2.05, 4.69) is 13.8 Å². The molecule has 2 aromatic carbocycles. The SMILES string of the molecule is COc1ccc(C(C)(C)O)c(F)c1.COc1ccc(C2(C(C)C)C=CC=CC2F)cc1. The van der Waals surface area contributed by atoms with Gasteiger partial charge in [0.15, 0.2) is 0 Å². The van der Waals surface area contributed by atoms with E-state index in [0.717, 1.165) is 11.3 Å². The highest BCUT2D eigenvalue weighted by Gasteiger charge is 2.41. The van der Waals surface area contributed by atoms with Crippen LogP contribution in [0.25, 0.3) is 0 Å². The van der Waals surface area contributed by atoms with E-state index in [1.807, 2.05) is 36.4 Å². The third-order valence-corrected chi connectivity index (χ3v) is 5.60. The molecule has 0 spiro atoms. The lowest BCUT2D eigenvalue weighted by molar-refractivity contribution is 0.0744. The maximum absolute atomic E-state index is 14.5. The lowest BCUT2D eigenvalue weighted by atomic mass is 9.67. The van der Waals surface area contributed by atoms with Crippen molar-refractivity contribution in [1.29, 1.82) is 0 Å². The highest BCUT2D eigenvalue weighted by molar-refractivity contribution is 5.42. The second-order valence-electron chi connectivity index (χ2n) is 8.37. The first-order valence-corrected chi connectivity index (χ1v) is 10.3. The van der Waals surface area contributed by atoms with Crippen LogP contribution in [-0.4, -0.2) is 25.5 Å². The first kappa shape index (κ1) is 24.6. The van der Waals surface area contributed by atoms with Crippen LogP contribution < -0.4 is 9.47 Å². The van der Waals surface area contributed by atoms with Crippen molar-refractivity contribution in [1.82, 2.24) is 0 Å². The van der Waals surface area contributed by atoms with E-state index in [-0.39, 0.29) is 11.5 Å². The number of aliphatic hydroxyl groups is 1. The van der Waals surface area contributed by atoms with E-state index in [1.165, 1.54) is 33.1 Å². The molecular weight excluding hydrogens is 398 g/mol. The molecule has 0 heterocycles. The number of alkyl halides is 1. The molecule has 0 aromatic heterocycles. The fraction of sp³-hybridized carbons (Fsp3) is 0.385. The van der Waals surface area contributed by atoms with Crippen molar-refractivity contribution in [2.75, 3.05) is 14.2 Å². The van der Waals surface area contributed by atoms with Gasteiger partial charge >= 0.3 is 0 Å². The molecule has 1 aliphatic rings. The van der Waals surface area contributed by atoms with Crippen LogP contribution in [0.3, 0.4) is 0 Å². The summed E-state index contributed by atoms with van der Waals surface area (Å²) in [6.45, 7) is 7.19. The Morgan fingerprint density at radius 2 is 1.55 bits per heavy atom. The molecule has 2 atom stereocenters. The number of ether oxygens (including phenoxy) is 2. The first-order valence-electron chi connectivity index (χ1n) is 10.3. The Morgan fingerprint density at radius 3 is 2.00 bits per heavy atom. The molecule has 2 unspecified atom stereocenters. The molecule has 0 fully saturated rings. The summed E-state index contributed by atoms with van der Waals surface area (Å²) in [6.07, 6.45) is 6.32. The Balaban J connectivity index is 0.000000233. The number of methoxy groups -OCH3 is 2. The van der Waals surface area contributed by atoms with Crippen LogP contribution in [0.15, 0.2) is 66.8 Å². The predicted octanol–water partition coefficient (Wildman–Crippen LogP) is 6.11. The molecule has 0 bridgehead atoms. The van der Waals surface area contributed by atoms with E-state index in [9.17, 15) is 13.9 Å². The van der Waals surface area contributed by atoms with Gasteiger partial charge in [-0.05, 0) is 55.7 Å². The summed E-state index contributed by atoms with van der Waals surface area (Å²) in [5.74, 6) is 0.975. The van der Waals surface area contributed by atoms with Gasteiger partial charge in [0.25, 0.3) is 0 Å². The molecular formula is C26H32F2O3. The summed E-state index contributed by atoms with van der Waals surface area (Å²) < 4.78 is 37.7. The average molecular weight is 431 g/mol. The van der Waals surface area contributed by atoms with Gasteiger partial charge in [0.2, 0.25) is 0 Å². The summed E-state index contributed by atoms with van der Waals surface area (Å²) in [5.41, 5.74) is -0.461. The molecule has 0 saturated carbocycles. The van der Waals surface area contributed by atoms with Gasteiger partial charge in [-0.25, -0.2) is 8.78 Å². The van der Waals surface area contributed by atoms with E-state index < -0.39 is 23.0 Å². The molecule has 3 nitrogen and oxygen atoms in total. The molecule has 0 saturated heterocycles. The minimum Gasteiger partial charge on any atom is -0.497 e. The van der Waals surface area contributed by atoms with Crippen molar-refractivity contribution >= 4 is 0 Å². The number of halogens is 2. The number of allylic oxidation sites excluding steroid dienone is 4. The summed E-state index contributed by atoms with van der Waals surface area (Å²) in [4.78, 5) is 0. The van der Waals surface area contributed by atoms with E-state index >= 15 is 0 Å². The quantitative estimate of drug-likeness (QED) is 0.622. The van der Waals surface area contributed by atoms with Crippen molar-refractivity contribution < 1.29 is 23.4 Å². The van der Waals surface area contributed by atoms with Crippen LogP contribution in [0, 0.1) is 11.7 Å². The minimum atomic E-state index is -1.16. The summed E-state index contributed by atoms with van der Waals surface area (Å²) in [5, 5.41) is 9.55. The fourth-order valence-electron chi connectivity index (χ4n) is 3.73. The number of hydrogen-bond acceptors (Lipinski definition) is 3. The molecule has 168 valence electrons. The molecule has 2 aromatic rings. The summed E-state index contributed by atoms with van der Waals surface area (Å²) in [6, 6.07) is 12.1. The minimum absolute atomic E-state index is 0.182. The summed E-state index contributed by atoms with van der Waals surface area (Å²) in [7, 11) is 3.10. The zero-order valence-corrected chi connectivity index (χ0v) is 19.0. The van der Waals surface area contributed by atoms with Crippen molar-refractivity contribution in [2.45, 2.75) is 44.9 Å². The number of rotatable bonds is 5. The molecule has 0 amide bonds. The largest absolute Gasteiger partial charge is 0.497 e. The van der Waals surface area contributed by atoms with Gasteiger partial charge in [-0.2, -0.15) is 0 Å². The van der Waals surface area contributed by atoms with Gasteiger partial charge < -0.3 is 14.6 Å². The van der Waals surface area contributed by atoms with E-state index in [4.69, 9.17) is 9.47 Å². The Labute approximate surface area is 184 Å². The second-order valence-corrected chi connectivity index (χ2v) is 8.37. The topological polar surface area (TPSA) is 38.7 Å². The third-order valence-electron chi connectivity index (χ3n) is 5.60. The van der Waals surface area contributed by atoms with Crippen LogP contribution >= 0.6 is 0 Å². The smallest absolute Gasteiger partial charge is 0.132 e. The Kier molecular flexibility index (Phi) is 8.02. The number of hydrogen-bond donors (Lipinski definition) is 1. The molecule has 3 rings (SSSR count). The van der Waals surface area contributed by atoms with Gasteiger partial charge in [-0.3, -0.25) is 0 Å². The van der Waals surface area contributed by atoms with Gasteiger partial charge in [0.1, 0.15) is 23.5 Å². The molecule has 31 heavy (non-hydrogen) atoms. The lowest BCUT2D eigenvalue weighted by Gasteiger charge is -2.38. The molecule has 0 aliphatic heterocycles. The zero-order chi connectivity index (χ0) is 23.2. The van der Waals surface area contributed by atoms with Gasteiger partial charge in [-0.1, -0.05) is 44.2 Å². The molecule has 0 radical (unpaired) electrons. The number of benzene rings is 2. The molecule has 1 N–H and O–H groups in total. The van der Waals surface area contributed by atoms with Crippen LogP contribution in [0.2, 0.25) is 0 Å². The third kappa shape index (κ3) is 5.53. The van der Waals surface area contributed by atoms with Gasteiger partial charge in [0.05, 0.1) is 25.2 Å². The Bertz CT molecular complexity index is 911. The van der Waals surface area contributed by atoms with Crippen molar-refractivity contribution in [3.63, 3.8) is 0 Å². The first-order chi connectivity index (χ1) is 14.6. The van der Waals surface area contributed by atoms with Crippen LogP contribution in [0.1, 0.15) is 38.8 Å². The fourth-order valence-corrected chi connectivity index (χ4v) is 3.73. The maximum atomic E-state index is 14.5. The summed E-state index contributed by atoms with van der Waals surface area (Å²) >= 11 is 0. The standard InChI is InChI=1S/C16H19FO.C10H13FO2/c1-12(2)16(11-5-4-6-15(16)17)13-7-9-14(18-3)10-8-13;1-10(2,12)8-5-4-7(13-3)6-9(8)11/h4-12,15H,1-3H3;4-6,12H,1-3H3. The van der Waals surface area contributed by atoms with Crippen molar-refractivity contribution in [2.24, 2.45) is 5.92 Å². The van der Waals surface area contributed by atoms with E-state index in [0.29, 0.717) is 5.75 Å². The van der Waals surface area contributed by atoms with Crippen molar-refractivity contribution in [3.05, 3.63) is 83.7 Å². The zero-order valence-electron chi connectivity index (χ0n) is 19.0.